The van der Waals surface area contributed by atoms with Gasteiger partial charge in [-0.05, 0) is 50.5 Å². The summed E-state index contributed by atoms with van der Waals surface area (Å²) in [7, 11) is 1.56. The number of benzene rings is 1. The number of carbonyl (C=O) groups excluding carboxylic acids is 1. The highest BCUT2D eigenvalue weighted by atomic mass is 35.5. The third-order valence-electron chi connectivity index (χ3n) is 4.16. The summed E-state index contributed by atoms with van der Waals surface area (Å²) in [4.78, 5) is 14.3. The first-order chi connectivity index (χ1) is 11.5. The van der Waals surface area contributed by atoms with E-state index in [0.29, 0.717) is 29.7 Å². The standard InChI is InChI=1S/C18H25ClN2O3/c1-4-24-18-15(19)10-13(11-16(18)23-3)5-6-17(22)21-8-7-14(20)9-12(21)2/h5-6,10-12,14H,4,7-9,20H2,1-3H3/b6-5+. The molecular weight excluding hydrogens is 328 g/mol. The second-order valence-corrected chi connectivity index (χ2v) is 6.37. The second-order valence-electron chi connectivity index (χ2n) is 5.97. The number of carbonyl (C=O) groups is 1. The predicted molar refractivity (Wildman–Crippen MR) is 96.6 cm³/mol. The van der Waals surface area contributed by atoms with E-state index in [-0.39, 0.29) is 18.0 Å². The minimum Gasteiger partial charge on any atom is -0.493 e. The Hall–Kier alpha value is -1.72. The first-order valence-electron chi connectivity index (χ1n) is 8.20. The van der Waals surface area contributed by atoms with E-state index in [1.165, 1.54) is 0 Å². The number of ether oxygens (including phenoxy) is 2. The van der Waals surface area contributed by atoms with Gasteiger partial charge in [0.2, 0.25) is 5.91 Å². The molecule has 0 saturated carbocycles. The molecule has 1 aromatic carbocycles. The molecule has 2 atom stereocenters. The lowest BCUT2D eigenvalue weighted by Gasteiger charge is -2.35. The molecule has 1 amide bonds. The van der Waals surface area contributed by atoms with Crippen LogP contribution in [-0.2, 0) is 4.79 Å². The van der Waals surface area contributed by atoms with Crippen molar-refractivity contribution in [3.05, 3.63) is 28.8 Å². The lowest BCUT2D eigenvalue weighted by atomic mass is 9.99. The number of piperidine rings is 1. The van der Waals surface area contributed by atoms with E-state index in [1.54, 1.807) is 31.4 Å². The number of hydrogen-bond donors (Lipinski definition) is 1. The highest BCUT2D eigenvalue weighted by Gasteiger charge is 2.25. The minimum atomic E-state index is -0.0154. The van der Waals surface area contributed by atoms with E-state index in [4.69, 9.17) is 26.8 Å². The summed E-state index contributed by atoms with van der Waals surface area (Å²) in [6.45, 7) is 5.10. The molecule has 0 bridgehead atoms. The third kappa shape index (κ3) is 4.42. The number of methoxy groups -OCH3 is 1. The highest BCUT2D eigenvalue weighted by Crippen LogP contribution is 2.36. The highest BCUT2D eigenvalue weighted by molar-refractivity contribution is 6.32. The summed E-state index contributed by atoms with van der Waals surface area (Å²) in [6, 6.07) is 3.90. The van der Waals surface area contributed by atoms with Crippen LogP contribution in [0.2, 0.25) is 5.02 Å². The largest absolute Gasteiger partial charge is 0.493 e. The molecule has 2 unspecified atom stereocenters. The van der Waals surface area contributed by atoms with Gasteiger partial charge in [0.25, 0.3) is 0 Å². The van der Waals surface area contributed by atoms with E-state index < -0.39 is 0 Å². The summed E-state index contributed by atoms with van der Waals surface area (Å²) < 4.78 is 10.8. The second kappa shape index (κ2) is 8.40. The van der Waals surface area contributed by atoms with Gasteiger partial charge in [-0.1, -0.05) is 11.6 Å². The summed E-state index contributed by atoms with van der Waals surface area (Å²) in [6.07, 6.45) is 4.99. The molecule has 2 N–H and O–H groups in total. The molecule has 0 radical (unpaired) electrons. The fraction of sp³-hybridized carbons (Fsp3) is 0.500. The number of hydrogen-bond acceptors (Lipinski definition) is 4. The van der Waals surface area contributed by atoms with Crippen LogP contribution in [0.25, 0.3) is 6.08 Å². The van der Waals surface area contributed by atoms with E-state index >= 15 is 0 Å². The summed E-state index contributed by atoms with van der Waals surface area (Å²) in [5.74, 6) is 1.05. The van der Waals surface area contributed by atoms with Crippen LogP contribution in [0.1, 0.15) is 32.3 Å². The zero-order valence-corrected chi connectivity index (χ0v) is 15.2. The Morgan fingerprint density at radius 1 is 1.50 bits per heavy atom. The Labute approximate surface area is 148 Å². The molecule has 1 heterocycles. The van der Waals surface area contributed by atoms with Crippen molar-refractivity contribution in [3.63, 3.8) is 0 Å². The third-order valence-corrected chi connectivity index (χ3v) is 4.44. The molecule has 0 aliphatic carbocycles. The lowest BCUT2D eigenvalue weighted by molar-refractivity contribution is -0.129. The first kappa shape index (κ1) is 18.6. The topological polar surface area (TPSA) is 64.8 Å². The van der Waals surface area contributed by atoms with Crippen LogP contribution in [0, 0.1) is 0 Å². The van der Waals surface area contributed by atoms with Crippen molar-refractivity contribution < 1.29 is 14.3 Å². The molecule has 0 spiro atoms. The van der Waals surface area contributed by atoms with Crippen molar-refractivity contribution >= 4 is 23.6 Å². The Morgan fingerprint density at radius 2 is 2.25 bits per heavy atom. The van der Waals surface area contributed by atoms with E-state index in [2.05, 4.69) is 0 Å². The maximum atomic E-state index is 12.4. The summed E-state index contributed by atoms with van der Waals surface area (Å²) >= 11 is 6.25. The SMILES string of the molecule is CCOc1c(Cl)cc(/C=C/C(=O)N2CCC(N)CC2C)cc1OC. The van der Waals surface area contributed by atoms with Crippen molar-refractivity contribution in [2.75, 3.05) is 20.3 Å². The fourth-order valence-electron chi connectivity index (χ4n) is 2.92. The van der Waals surface area contributed by atoms with Crippen molar-refractivity contribution in [1.82, 2.24) is 4.90 Å². The van der Waals surface area contributed by atoms with Crippen molar-refractivity contribution in [2.24, 2.45) is 5.73 Å². The van der Waals surface area contributed by atoms with Gasteiger partial charge in [0.15, 0.2) is 11.5 Å². The molecule has 2 rings (SSSR count). The first-order valence-corrected chi connectivity index (χ1v) is 8.58. The smallest absolute Gasteiger partial charge is 0.246 e. The zero-order chi connectivity index (χ0) is 17.7. The molecule has 5 nitrogen and oxygen atoms in total. The van der Waals surface area contributed by atoms with E-state index in [0.717, 1.165) is 18.4 Å². The van der Waals surface area contributed by atoms with E-state index in [9.17, 15) is 4.79 Å². The van der Waals surface area contributed by atoms with Crippen molar-refractivity contribution in [2.45, 2.75) is 38.8 Å². The van der Waals surface area contributed by atoms with Crippen LogP contribution in [0.4, 0.5) is 0 Å². The quantitative estimate of drug-likeness (QED) is 0.827. The van der Waals surface area contributed by atoms with Gasteiger partial charge in [0.05, 0.1) is 18.7 Å². The van der Waals surface area contributed by atoms with Gasteiger partial charge in [0, 0.05) is 24.7 Å². The Morgan fingerprint density at radius 3 is 2.88 bits per heavy atom. The Bertz CT molecular complexity index is 619. The molecule has 1 fully saturated rings. The number of rotatable bonds is 5. The zero-order valence-electron chi connectivity index (χ0n) is 14.4. The molecule has 24 heavy (non-hydrogen) atoms. The van der Waals surface area contributed by atoms with Crippen LogP contribution < -0.4 is 15.2 Å². The average molecular weight is 353 g/mol. The van der Waals surface area contributed by atoms with Crippen LogP contribution >= 0.6 is 11.6 Å². The number of nitrogens with zero attached hydrogens (tertiary/aromatic N) is 1. The summed E-state index contributed by atoms with van der Waals surface area (Å²) in [5.41, 5.74) is 6.73. The van der Waals surface area contributed by atoms with Crippen molar-refractivity contribution in [1.29, 1.82) is 0 Å². The lowest BCUT2D eigenvalue weighted by Crippen LogP contribution is -2.47. The van der Waals surface area contributed by atoms with Gasteiger partial charge in [0.1, 0.15) is 0 Å². The summed E-state index contributed by atoms with van der Waals surface area (Å²) in [5, 5.41) is 0.459. The Balaban J connectivity index is 2.13. The van der Waals surface area contributed by atoms with Gasteiger partial charge < -0.3 is 20.1 Å². The maximum absolute atomic E-state index is 12.4. The molecule has 1 aromatic rings. The van der Waals surface area contributed by atoms with Crippen LogP contribution in [0.15, 0.2) is 18.2 Å². The number of halogens is 1. The molecule has 1 saturated heterocycles. The number of nitrogens with two attached hydrogens (primary N) is 1. The van der Waals surface area contributed by atoms with Gasteiger partial charge in [-0.25, -0.2) is 0 Å². The number of amides is 1. The predicted octanol–water partition coefficient (Wildman–Crippen LogP) is 3.10. The molecule has 0 aromatic heterocycles. The van der Waals surface area contributed by atoms with Crippen LogP contribution in [0.3, 0.4) is 0 Å². The number of likely N-dealkylation sites (tertiary alicyclic amines) is 1. The normalized spacial score (nSPS) is 21.1. The Kier molecular flexibility index (Phi) is 6.52. The molecule has 1 aliphatic heterocycles. The van der Waals surface area contributed by atoms with Crippen LogP contribution in [0.5, 0.6) is 11.5 Å². The average Bonchev–Trinajstić information content (AvgIpc) is 2.54. The van der Waals surface area contributed by atoms with Gasteiger partial charge in [-0.2, -0.15) is 0 Å². The molecule has 1 aliphatic rings. The monoisotopic (exact) mass is 352 g/mol. The van der Waals surface area contributed by atoms with Gasteiger partial charge in [-0.3, -0.25) is 4.79 Å². The van der Waals surface area contributed by atoms with Crippen LogP contribution in [-0.4, -0.2) is 43.2 Å². The van der Waals surface area contributed by atoms with Gasteiger partial charge in [-0.15, -0.1) is 0 Å². The van der Waals surface area contributed by atoms with Gasteiger partial charge >= 0.3 is 0 Å². The molecular formula is C18H25ClN2O3. The van der Waals surface area contributed by atoms with Crippen molar-refractivity contribution in [3.8, 4) is 11.5 Å². The molecule has 6 heteroatoms. The van der Waals surface area contributed by atoms with E-state index in [1.807, 2.05) is 18.7 Å². The minimum absolute atomic E-state index is 0.0154. The fourth-order valence-corrected chi connectivity index (χ4v) is 3.19. The molecule has 132 valence electrons. The maximum Gasteiger partial charge on any atom is 0.246 e.